The fourth-order valence-corrected chi connectivity index (χ4v) is 2.60. The molecule has 0 bridgehead atoms. The number of pyridine rings is 1. The molecule has 1 aliphatic heterocycles. The van der Waals surface area contributed by atoms with Crippen molar-refractivity contribution in [3.05, 3.63) is 22.8 Å². The Labute approximate surface area is 161 Å². The van der Waals surface area contributed by atoms with Gasteiger partial charge in [0.1, 0.15) is 5.82 Å². The Hall–Kier alpha value is -0.960. The van der Waals surface area contributed by atoms with E-state index >= 15 is 0 Å². The molecule has 2 rings (SSSR count). The van der Waals surface area contributed by atoms with Crippen molar-refractivity contribution in [1.82, 2.24) is 15.2 Å². The van der Waals surface area contributed by atoms with Crippen LogP contribution in [0.25, 0.3) is 0 Å². The van der Waals surface area contributed by atoms with Gasteiger partial charge in [0.15, 0.2) is 0 Å². The summed E-state index contributed by atoms with van der Waals surface area (Å²) >= 11 is 5.79. The van der Waals surface area contributed by atoms with Crippen LogP contribution in [0.1, 0.15) is 18.9 Å². The molecule has 1 saturated heterocycles. The molecule has 1 fully saturated rings. The molecule has 0 spiro atoms. The number of hydrogen-bond donors (Lipinski definition) is 2. The summed E-state index contributed by atoms with van der Waals surface area (Å²) in [4.78, 5) is 17.6. The molecule has 5 nitrogen and oxygen atoms in total. The molecule has 2 heterocycles. The molecule has 0 radical (unpaired) electrons. The second-order valence-electron chi connectivity index (χ2n) is 5.37. The molecule has 1 atom stereocenters. The van der Waals surface area contributed by atoms with Gasteiger partial charge < -0.3 is 15.5 Å². The summed E-state index contributed by atoms with van der Waals surface area (Å²) in [6.45, 7) is 4.39. The van der Waals surface area contributed by atoms with E-state index in [0.717, 1.165) is 19.2 Å². The molecule has 1 aromatic heterocycles. The number of halogens is 6. The van der Waals surface area contributed by atoms with Gasteiger partial charge in [-0.1, -0.05) is 11.6 Å². The monoisotopic (exact) mass is 422 g/mol. The molecule has 0 saturated carbocycles. The lowest BCUT2D eigenvalue weighted by atomic mass is 10.2. The highest BCUT2D eigenvalue weighted by Gasteiger charge is 2.31. The average molecular weight is 424 g/mol. The first-order chi connectivity index (χ1) is 10.8. The first-order valence-electron chi connectivity index (χ1n) is 7.26. The number of amides is 1. The number of carbonyl (C=O) groups is 1. The van der Waals surface area contributed by atoms with E-state index in [1.807, 2.05) is 6.92 Å². The van der Waals surface area contributed by atoms with Gasteiger partial charge in [-0.2, -0.15) is 13.2 Å². The van der Waals surface area contributed by atoms with Crippen LogP contribution in [0.2, 0.25) is 5.02 Å². The molecule has 0 unspecified atom stereocenters. The highest BCUT2D eigenvalue weighted by molar-refractivity contribution is 6.32. The zero-order valence-corrected chi connectivity index (χ0v) is 15.8. The minimum atomic E-state index is -4.48. The van der Waals surface area contributed by atoms with Crippen LogP contribution in [-0.4, -0.2) is 48.0 Å². The van der Waals surface area contributed by atoms with Gasteiger partial charge in [0.25, 0.3) is 0 Å². The Morgan fingerprint density at radius 2 is 2.16 bits per heavy atom. The number of nitrogens with one attached hydrogen (secondary N) is 2. The van der Waals surface area contributed by atoms with Gasteiger partial charge in [0.05, 0.1) is 10.6 Å². The number of piperazine rings is 1. The van der Waals surface area contributed by atoms with Crippen molar-refractivity contribution < 1.29 is 18.0 Å². The maximum Gasteiger partial charge on any atom is 0.417 e. The number of alkyl halides is 3. The summed E-state index contributed by atoms with van der Waals surface area (Å²) in [5, 5.41) is 5.88. The summed E-state index contributed by atoms with van der Waals surface area (Å²) in [6.07, 6.45) is -3.54. The van der Waals surface area contributed by atoms with Crippen molar-refractivity contribution >= 4 is 48.1 Å². The van der Waals surface area contributed by atoms with Crippen molar-refractivity contribution in [2.75, 3.05) is 31.5 Å². The van der Waals surface area contributed by atoms with Crippen molar-refractivity contribution in [1.29, 1.82) is 0 Å². The molecule has 144 valence electrons. The van der Waals surface area contributed by atoms with E-state index in [-0.39, 0.29) is 60.6 Å². The van der Waals surface area contributed by atoms with Crippen LogP contribution >= 0.6 is 36.4 Å². The van der Waals surface area contributed by atoms with Gasteiger partial charge in [-0.15, -0.1) is 24.8 Å². The molecule has 2 N–H and O–H groups in total. The maximum absolute atomic E-state index is 12.5. The van der Waals surface area contributed by atoms with Crippen LogP contribution in [0.4, 0.5) is 19.0 Å². The molecule has 0 aromatic carbocycles. The van der Waals surface area contributed by atoms with E-state index in [4.69, 9.17) is 11.6 Å². The third-order valence-corrected chi connectivity index (χ3v) is 3.91. The van der Waals surface area contributed by atoms with Gasteiger partial charge in [-0.25, -0.2) is 4.98 Å². The smallest absolute Gasteiger partial charge is 0.368 e. The van der Waals surface area contributed by atoms with Crippen molar-refractivity contribution in [2.45, 2.75) is 25.6 Å². The lowest BCUT2D eigenvalue weighted by Crippen LogP contribution is -2.52. The average Bonchev–Trinajstić information content (AvgIpc) is 2.48. The SMILES string of the molecule is C[C@H]1CNCCN1C(=O)CCNc1ncc(C(F)(F)F)cc1Cl.Cl.Cl. The second kappa shape index (κ2) is 10.3. The first kappa shape index (κ1) is 24.0. The quantitative estimate of drug-likeness (QED) is 0.781. The molecular weight excluding hydrogens is 404 g/mol. The van der Waals surface area contributed by atoms with Crippen LogP contribution in [0.5, 0.6) is 0 Å². The van der Waals surface area contributed by atoms with Gasteiger partial charge >= 0.3 is 6.18 Å². The summed E-state index contributed by atoms with van der Waals surface area (Å²) in [5.41, 5.74) is -0.904. The third-order valence-electron chi connectivity index (χ3n) is 3.62. The minimum Gasteiger partial charge on any atom is -0.368 e. The Morgan fingerprint density at radius 3 is 2.72 bits per heavy atom. The standard InChI is InChI=1S/C14H18ClF3N4O.2ClH/c1-9-7-19-4-5-22(9)12(23)2-3-20-13-11(15)6-10(8-21-13)14(16,17)18;;/h6,8-9,19H,2-5,7H2,1H3,(H,20,21);2*1H/t9-;;/m0../s1. The predicted octanol–water partition coefficient (Wildman–Crippen LogP) is 3.22. The van der Waals surface area contributed by atoms with Crippen LogP contribution in [-0.2, 0) is 11.0 Å². The number of rotatable bonds is 4. The van der Waals surface area contributed by atoms with E-state index in [1.165, 1.54) is 0 Å². The third kappa shape index (κ3) is 6.69. The summed E-state index contributed by atoms with van der Waals surface area (Å²) in [5.74, 6) is 0.135. The molecule has 11 heteroatoms. The van der Waals surface area contributed by atoms with Crippen molar-refractivity contribution in [2.24, 2.45) is 0 Å². The van der Waals surface area contributed by atoms with Crippen LogP contribution in [0.3, 0.4) is 0 Å². The van der Waals surface area contributed by atoms with Crippen LogP contribution in [0, 0.1) is 0 Å². The van der Waals surface area contributed by atoms with E-state index < -0.39 is 11.7 Å². The van der Waals surface area contributed by atoms with E-state index in [1.54, 1.807) is 4.90 Å². The van der Waals surface area contributed by atoms with Gasteiger partial charge in [-0.05, 0) is 13.0 Å². The van der Waals surface area contributed by atoms with E-state index in [2.05, 4.69) is 15.6 Å². The zero-order valence-electron chi connectivity index (χ0n) is 13.4. The number of anilines is 1. The topological polar surface area (TPSA) is 57.3 Å². The summed E-state index contributed by atoms with van der Waals surface area (Å²) in [7, 11) is 0. The number of nitrogens with zero attached hydrogens (tertiary/aromatic N) is 2. The predicted molar refractivity (Wildman–Crippen MR) is 95.9 cm³/mol. The number of carbonyl (C=O) groups excluding carboxylic acids is 1. The zero-order chi connectivity index (χ0) is 17.0. The molecule has 1 aromatic rings. The second-order valence-corrected chi connectivity index (χ2v) is 5.78. The molecule has 0 aliphatic carbocycles. The Balaban J connectivity index is 0.00000288. The summed E-state index contributed by atoms with van der Waals surface area (Å²) < 4.78 is 37.6. The van der Waals surface area contributed by atoms with E-state index in [9.17, 15) is 18.0 Å². The van der Waals surface area contributed by atoms with Gasteiger partial charge in [0.2, 0.25) is 5.91 Å². The first-order valence-corrected chi connectivity index (χ1v) is 7.63. The molecule has 25 heavy (non-hydrogen) atoms. The fourth-order valence-electron chi connectivity index (χ4n) is 2.37. The van der Waals surface area contributed by atoms with Gasteiger partial charge in [0, 0.05) is 44.8 Å². The molecular formula is C14H20Cl3F3N4O. The molecule has 1 amide bonds. The van der Waals surface area contributed by atoms with Crippen LogP contribution < -0.4 is 10.6 Å². The Morgan fingerprint density at radius 1 is 1.48 bits per heavy atom. The lowest BCUT2D eigenvalue weighted by molar-refractivity contribution is -0.137. The number of hydrogen-bond acceptors (Lipinski definition) is 4. The Bertz CT molecular complexity index is 575. The van der Waals surface area contributed by atoms with Gasteiger partial charge in [-0.3, -0.25) is 4.79 Å². The fraction of sp³-hybridized carbons (Fsp3) is 0.571. The minimum absolute atomic E-state index is 0. The summed E-state index contributed by atoms with van der Waals surface area (Å²) in [6, 6.07) is 0.945. The lowest BCUT2D eigenvalue weighted by Gasteiger charge is -2.34. The van der Waals surface area contributed by atoms with Crippen molar-refractivity contribution in [3.8, 4) is 0 Å². The molecule has 1 aliphatic rings. The highest BCUT2D eigenvalue weighted by Crippen LogP contribution is 2.32. The Kier molecular flexibility index (Phi) is 9.86. The normalized spacial score (nSPS) is 17.3. The maximum atomic E-state index is 12.5. The van der Waals surface area contributed by atoms with Crippen molar-refractivity contribution in [3.63, 3.8) is 0 Å². The number of aromatic nitrogens is 1. The highest BCUT2D eigenvalue weighted by atomic mass is 35.5. The van der Waals surface area contributed by atoms with E-state index in [0.29, 0.717) is 12.7 Å². The van der Waals surface area contributed by atoms with Crippen LogP contribution in [0.15, 0.2) is 12.3 Å². The largest absolute Gasteiger partial charge is 0.417 e.